The predicted octanol–water partition coefficient (Wildman–Crippen LogP) is 0.851. The summed E-state index contributed by atoms with van der Waals surface area (Å²) in [7, 11) is 0. The second-order valence-electron chi connectivity index (χ2n) is 6.31. The van der Waals surface area contributed by atoms with Crippen molar-refractivity contribution in [2.24, 2.45) is 23.7 Å². The molecule has 0 amide bonds. The molecule has 5 rings (SSSR count). The Kier molecular flexibility index (Phi) is 1.47. The van der Waals surface area contributed by atoms with Crippen LogP contribution >= 0.6 is 0 Å². The van der Waals surface area contributed by atoms with Gasteiger partial charge in [0.25, 0.3) is 0 Å². The zero-order valence-corrected chi connectivity index (χ0v) is 9.87. The van der Waals surface area contributed by atoms with Crippen LogP contribution in [0.25, 0.3) is 0 Å². The van der Waals surface area contributed by atoms with Gasteiger partial charge in [-0.25, -0.2) is 0 Å². The van der Waals surface area contributed by atoms with Gasteiger partial charge in [0.05, 0.1) is 0 Å². The second-order valence-corrected chi connectivity index (χ2v) is 6.31. The summed E-state index contributed by atoms with van der Waals surface area (Å²) in [5, 5.41) is 0. The zero-order chi connectivity index (χ0) is 12.1. The van der Waals surface area contributed by atoms with Gasteiger partial charge in [-0.15, -0.1) is 0 Å². The lowest BCUT2D eigenvalue weighted by molar-refractivity contribution is -0.162. The first-order valence-corrected chi connectivity index (χ1v) is 6.80. The first kappa shape index (κ1) is 9.73. The van der Waals surface area contributed by atoms with Crippen LogP contribution < -0.4 is 0 Å². The number of hydrogen-bond acceptors (Lipinski definition) is 4. The highest BCUT2D eigenvalue weighted by atomic mass is 16.6. The Bertz CT molecular complexity index is 510. The van der Waals surface area contributed by atoms with E-state index in [-0.39, 0.29) is 35.8 Å². The van der Waals surface area contributed by atoms with Crippen molar-refractivity contribution in [3.8, 4) is 0 Å². The topological polar surface area (TPSA) is 55.9 Å². The van der Waals surface area contributed by atoms with E-state index in [9.17, 15) is 9.59 Å². The second kappa shape index (κ2) is 2.72. The molecule has 0 aromatic rings. The largest absolute Gasteiger partial charge is 0.456 e. The highest BCUT2D eigenvalue weighted by Crippen LogP contribution is 2.63. The van der Waals surface area contributed by atoms with E-state index in [4.69, 9.17) is 9.47 Å². The maximum Gasteiger partial charge on any atom is 0.306 e. The first-order valence-electron chi connectivity index (χ1n) is 6.80. The highest BCUT2D eigenvalue weighted by Gasteiger charge is 2.75. The molecule has 2 unspecified atom stereocenters. The number of epoxide rings is 1. The normalized spacial score (nSPS) is 58.9. The van der Waals surface area contributed by atoms with Crippen molar-refractivity contribution in [2.75, 3.05) is 0 Å². The van der Waals surface area contributed by atoms with Crippen LogP contribution in [0.2, 0.25) is 0 Å². The molecule has 2 aliphatic heterocycles. The van der Waals surface area contributed by atoms with Crippen molar-refractivity contribution in [1.29, 1.82) is 0 Å². The molecule has 0 aromatic carbocycles. The molecule has 3 aliphatic carbocycles. The molecule has 4 heteroatoms. The van der Waals surface area contributed by atoms with Crippen LogP contribution in [0.5, 0.6) is 0 Å². The predicted molar refractivity (Wildman–Crippen MR) is 59.4 cm³/mol. The summed E-state index contributed by atoms with van der Waals surface area (Å²) in [6, 6.07) is 0. The van der Waals surface area contributed by atoms with Gasteiger partial charge in [-0.05, 0) is 18.3 Å². The van der Waals surface area contributed by atoms with Crippen molar-refractivity contribution in [2.45, 2.75) is 37.1 Å². The van der Waals surface area contributed by atoms with Gasteiger partial charge in [0.15, 0.2) is 5.78 Å². The van der Waals surface area contributed by atoms with Crippen molar-refractivity contribution in [3.05, 3.63) is 12.2 Å². The van der Waals surface area contributed by atoms with Crippen LogP contribution in [0.4, 0.5) is 0 Å². The fourth-order valence-electron chi connectivity index (χ4n) is 5.00. The minimum absolute atomic E-state index is 0.0367. The lowest BCUT2D eigenvalue weighted by Crippen LogP contribution is -2.55. The molecule has 2 heterocycles. The Hall–Kier alpha value is -1.16. The van der Waals surface area contributed by atoms with Gasteiger partial charge >= 0.3 is 5.97 Å². The molecule has 5 aliphatic rings. The quantitative estimate of drug-likeness (QED) is 0.361. The van der Waals surface area contributed by atoms with Crippen LogP contribution in [0.3, 0.4) is 0 Å². The Morgan fingerprint density at radius 3 is 2.83 bits per heavy atom. The van der Waals surface area contributed by atoms with E-state index in [0.29, 0.717) is 18.3 Å². The molecule has 2 saturated heterocycles. The van der Waals surface area contributed by atoms with Crippen LogP contribution in [0, 0.1) is 23.7 Å². The van der Waals surface area contributed by atoms with Gasteiger partial charge in [-0.2, -0.15) is 0 Å². The van der Waals surface area contributed by atoms with E-state index in [1.807, 2.05) is 0 Å². The lowest BCUT2D eigenvalue weighted by atomic mass is 9.63. The Balaban J connectivity index is 1.66. The average molecular weight is 246 g/mol. The molecule has 0 radical (unpaired) electrons. The third-order valence-corrected chi connectivity index (χ3v) is 5.63. The van der Waals surface area contributed by atoms with E-state index in [1.54, 1.807) is 0 Å². The Morgan fingerprint density at radius 2 is 2.06 bits per heavy atom. The number of ketones is 1. The van der Waals surface area contributed by atoms with Crippen molar-refractivity contribution < 1.29 is 19.1 Å². The number of allylic oxidation sites excluding steroid dienone is 2. The molecular weight excluding hydrogens is 232 g/mol. The summed E-state index contributed by atoms with van der Waals surface area (Å²) >= 11 is 0. The number of carbonyl (C=O) groups is 2. The molecule has 0 N–H and O–H groups in total. The molecule has 0 aromatic heterocycles. The molecule has 1 spiro atoms. The van der Waals surface area contributed by atoms with Gasteiger partial charge in [0.2, 0.25) is 0 Å². The summed E-state index contributed by atoms with van der Waals surface area (Å²) in [6.45, 7) is 0. The summed E-state index contributed by atoms with van der Waals surface area (Å²) < 4.78 is 11.3. The summed E-state index contributed by atoms with van der Waals surface area (Å²) in [5.41, 5.74) is -0.482. The van der Waals surface area contributed by atoms with Crippen LogP contribution in [-0.4, -0.2) is 29.6 Å². The Labute approximate surface area is 104 Å². The molecule has 18 heavy (non-hydrogen) atoms. The maximum absolute atomic E-state index is 12.4. The van der Waals surface area contributed by atoms with Gasteiger partial charge in [0, 0.05) is 24.7 Å². The molecule has 2 bridgehead atoms. The Morgan fingerprint density at radius 1 is 1.22 bits per heavy atom. The standard InChI is InChI=1S/C14H14O4/c15-8-3-4-14(18-8)10-7-2-1-6(5-7)9(10)11(16)12-13(14)17-12/h1-2,6-7,9-10,12-13H,3-5H2/t6?,7?,9-,10+,12+,13+,14+/m0/s1. The van der Waals surface area contributed by atoms with Crippen LogP contribution in [0.1, 0.15) is 19.3 Å². The molecule has 94 valence electrons. The highest BCUT2D eigenvalue weighted by molar-refractivity contribution is 5.92. The number of carbonyl (C=O) groups excluding carboxylic acids is 2. The summed E-state index contributed by atoms with van der Waals surface area (Å²) in [5.74, 6) is 1.11. The number of ether oxygens (including phenoxy) is 2. The molecular formula is C14H14O4. The molecule has 4 fully saturated rings. The number of fused-ring (bicyclic) bond motifs is 8. The minimum Gasteiger partial charge on any atom is -0.456 e. The van der Waals surface area contributed by atoms with Gasteiger partial charge < -0.3 is 9.47 Å². The SMILES string of the molecule is O=C1CC[C@]2(O1)[C@@H]1O[C@@H]1C(=O)[C@H]1C3C=CC(C3)[C@H]12. The summed E-state index contributed by atoms with van der Waals surface area (Å²) in [6.07, 6.45) is 6.23. The third-order valence-electron chi connectivity index (χ3n) is 5.63. The fourth-order valence-corrected chi connectivity index (χ4v) is 5.00. The van der Waals surface area contributed by atoms with Gasteiger partial charge in [0.1, 0.15) is 17.8 Å². The van der Waals surface area contributed by atoms with E-state index < -0.39 is 5.60 Å². The van der Waals surface area contributed by atoms with Crippen LogP contribution in [0.15, 0.2) is 12.2 Å². The van der Waals surface area contributed by atoms with Gasteiger partial charge in [-0.3, -0.25) is 9.59 Å². The number of esters is 1. The molecule has 7 atom stereocenters. The van der Waals surface area contributed by atoms with Crippen molar-refractivity contribution >= 4 is 11.8 Å². The van der Waals surface area contributed by atoms with Crippen LogP contribution in [-0.2, 0) is 19.1 Å². The number of hydrogen-bond donors (Lipinski definition) is 0. The van der Waals surface area contributed by atoms with Gasteiger partial charge in [-0.1, -0.05) is 12.2 Å². The minimum atomic E-state index is -0.482. The maximum atomic E-state index is 12.4. The molecule has 2 saturated carbocycles. The number of rotatable bonds is 0. The number of Topliss-reactive ketones (excluding diaryl/α,β-unsaturated/α-hetero) is 1. The van der Waals surface area contributed by atoms with Crippen molar-refractivity contribution in [3.63, 3.8) is 0 Å². The van der Waals surface area contributed by atoms with Crippen molar-refractivity contribution in [1.82, 2.24) is 0 Å². The van der Waals surface area contributed by atoms with E-state index in [2.05, 4.69) is 12.2 Å². The average Bonchev–Trinajstić information content (AvgIpc) is 2.74. The molecule has 4 nitrogen and oxygen atoms in total. The summed E-state index contributed by atoms with van der Waals surface area (Å²) in [4.78, 5) is 23.9. The monoisotopic (exact) mass is 246 g/mol. The lowest BCUT2D eigenvalue weighted by Gasteiger charge is -2.42. The zero-order valence-electron chi connectivity index (χ0n) is 9.87. The van der Waals surface area contributed by atoms with E-state index in [1.165, 1.54) is 0 Å². The third kappa shape index (κ3) is 0.880. The first-order chi connectivity index (χ1) is 8.71. The van der Waals surface area contributed by atoms with E-state index >= 15 is 0 Å². The van der Waals surface area contributed by atoms with E-state index in [0.717, 1.165) is 12.8 Å². The smallest absolute Gasteiger partial charge is 0.306 e. The fraction of sp³-hybridized carbons (Fsp3) is 0.714.